The number of carbonyl (C=O) groups is 2. The minimum atomic E-state index is -3.57. The minimum absolute atomic E-state index is 0.108. The standard InChI is InChI=1S/C25H34N2O4S/c1-5-7-9-20(6-2)17-26-25(29)22-14-12-21(13-15-22)18-27(32(4,30)31)24-11-8-10-23(16-24)19(3)28/h8,10-16,20H,5-7,9,17-18H2,1-4H3,(H,26,29)/t20-/m1/s1. The Balaban J connectivity index is 2.11. The molecule has 0 aliphatic heterocycles. The Morgan fingerprint density at radius 3 is 2.28 bits per heavy atom. The average Bonchev–Trinajstić information content (AvgIpc) is 2.77. The highest BCUT2D eigenvalue weighted by Crippen LogP contribution is 2.22. The Hall–Kier alpha value is -2.67. The molecule has 0 heterocycles. The second kappa shape index (κ2) is 11.8. The number of hydrogen-bond acceptors (Lipinski definition) is 4. The van der Waals surface area contributed by atoms with Crippen LogP contribution in [0.2, 0.25) is 0 Å². The van der Waals surface area contributed by atoms with E-state index in [2.05, 4.69) is 19.2 Å². The maximum absolute atomic E-state index is 12.5. The zero-order valence-electron chi connectivity index (χ0n) is 19.4. The lowest BCUT2D eigenvalue weighted by atomic mass is 9.99. The summed E-state index contributed by atoms with van der Waals surface area (Å²) < 4.78 is 26.1. The van der Waals surface area contributed by atoms with Crippen LogP contribution in [-0.2, 0) is 16.6 Å². The van der Waals surface area contributed by atoms with Crippen LogP contribution in [0.1, 0.15) is 72.7 Å². The van der Waals surface area contributed by atoms with E-state index >= 15 is 0 Å². The largest absolute Gasteiger partial charge is 0.352 e. The van der Waals surface area contributed by atoms with Gasteiger partial charge in [-0.05, 0) is 49.1 Å². The summed E-state index contributed by atoms with van der Waals surface area (Å²) >= 11 is 0. The molecule has 0 spiro atoms. The summed E-state index contributed by atoms with van der Waals surface area (Å²) in [6.07, 6.45) is 5.59. The molecule has 6 nitrogen and oxygen atoms in total. The zero-order chi connectivity index (χ0) is 23.7. The number of hydrogen-bond donors (Lipinski definition) is 1. The van der Waals surface area contributed by atoms with E-state index < -0.39 is 10.0 Å². The van der Waals surface area contributed by atoms with Gasteiger partial charge in [0.15, 0.2) is 5.78 Å². The molecule has 1 atom stereocenters. The van der Waals surface area contributed by atoms with Crippen LogP contribution in [0.15, 0.2) is 48.5 Å². The van der Waals surface area contributed by atoms with Gasteiger partial charge >= 0.3 is 0 Å². The van der Waals surface area contributed by atoms with Crippen molar-refractivity contribution in [3.8, 4) is 0 Å². The number of nitrogens with zero attached hydrogens (tertiary/aromatic N) is 1. The average molecular weight is 459 g/mol. The van der Waals surface area contributed by atoms with Crippen LogP contribution in [0.25, 0.3) is 0 Å². The maximum atomic E-state index is 12.5. The van der Waals surface area contributed by atoms with Crippen molar-refractivity contribution in [2.45, 2.75) is 53.0 Å². The van der Waals surface area contributed by atoms with Crippen molar-refractivity contribution in [3.05, 3.63) is 65.2 Å². The second-order valence-corrected chi connectivity index (χ2v) is 10.1. The van der Waals surface area contributed by atoms with E-state index in [1.807, 2.05) is 0 Å². The molecule has 1 N–H and O–H groups in total. The lowest BCUT2D eigenvalue weighted by Crippen LogP contribution is -2.30. The van der Waals surface area contributed by atoms with Crippen molar-refractivity contribution in [2.75, 3.05) is 17.1 Å². The van der Waals surface area contributed by atoms with Crippen molar-refractivity contribution < 1.29 is 18.0 Å². The number of benzene rings is 2. The molecule has 0 saturated carbocycles. The molecule has 0 aromatic heterocycles. The summed E-state index contributed by atoms with van der Waals surface area (Å²) in [5, 5.41) is 3.01. The normalized spacial score (nSPS) is 12.2. The molecule has 0 saturated heterocycles. The van der Waals surface area contributed by atoms with Gasteiger partial charge in [-0.25, -0.2) is 8.42 Å². The van der Waals surface area contributed by atoms with E-state index in [1.54, 1.807) is 48.5 Å². The molecular weight excluding hydrogens is 424 g/mol. The Morgan fingerprint density at radius 2 is 1.72 bits per heavy atom. The third-order valence-corrected chi connectivity index (χ3v) is 6.72. The van der Waals surface area contributed by atoms with E-state index in [-0.39, 0.29) is 18.2 Å². The van der Waals surface area contributed by atoms with Crippen LogP contribution in [0.4, 0.5) is 5.69 Å². The summed E-state index contributed by atoms with van der Waals surface area (Å²) in [7, 11) is -3.57. The fraction of sp³-hybridized carbons (Fsp3) is 0.440. The molecular formula is C25H34N2O4S. The molecule has 32 heavy (non-hydrogen) atoms. The molecule has 2 aromatic carbocycles. The number of anilines is 1. The van der Waals surface area contributed by atoms with Gasteiger partial charge in [0.1, 0.15) is 0 Å². The molecule has 0 bridgehead atoms. The first-order valence-corrected chi connectivity index (χ1v) is 13.0. The Morgan fingerprint density at radius 1 is 1.03 bits per heavy atom. The van der Waals surface area contributed by atoms with E-state index in [4.69, 9.17) is 0 Å². The first-order valence-electron chi connectivity index (χ1n) is 11.1. The number of Topliss-reactive ketones (excluding diaryl/α,β-unsaturated/α-hetero) is 1. The van der Waals surface area contributed by atoms with Gasteiger partial charge in [0.25, 0.3) is 5.91 Å². The first kappa shape index (κ1) is 25.6. The van der Waals surface area contributed by atoms with Crippen LogP contribution in [0.3, 0.4) is 0 Å². The highest BCUT2D eigenvalue weighted by atomic mass is 32.2. The van der Waals surface area contributed by atoms with Gasteiger partial charge in [-0.1, -0.05) is 57.4 Å². The van der Waals surface area contributed by atoms with Gasteiger partial charge < -0.3 is 5.32 Å². The lowest BCUT2D eigenvalue weighted by molar-refractivity contribution is 0.0945. The number of ketones is 1. The highest BCUT2D eigenvalue weighted by Gasteiger charge is 2.19. The maximum Gasteiger partial charge on any atom is 0.251 e. The van der Waals surface area contributed by atoms with Gasteiger partial charge in [0, 0.05) is 17.7 Å². The molecule has 0 fully saturated rings. The number of rotatable bonds is 12. The molecule has 0 unspecified atom stereocenters. The summed E-state index contributed by atoms with van der Waals surface area (Å²) in [6, 6.07) is 13.5. The molecule has 2 aromatic rings. The summed E-state index contributed by atoms with van der Waals surface area (Å²) in [5.74, 6) is 0.226. The summed E-state index contributed by atoms with van der Waals surface area (Å²) in [5.41, 5.74) is 2.17. The van der Waals surface area contributed by atoms with E-state index in [1.165, 1.54) is 11.2 Å². The summed E-state index contributed by atoms with van der Waals surface area (Å²) in [6.45, 7) is 6.52. The molecule has 7 heteroatoms. The summed E-state index contributed by atoms with van der Waals surface area (Å²) in [4.78, 5) is 24.2. The van der Waals surface area contributed by atoms with Crippen molar-refractivity contribution in [3.63, 3.8) is 0 Å². The predicted octanol–water partition coefficient (Wildman–Crippen LogP) is 4.80. The lowest BCUT2D eigenvalue weighted by Gasteiger charge is -2.23. The Kier molecular flexibility index (Phi) is 9.44. The van der Waals surface area contributed by atoms with Crippen LogP contribution >= 0.6 is 0 Å². The van der Waals surface area contributed by atoms with Gasteiger partial charge in [0.2, 0.25) is 10.0 Å². The third kappa shape index (κ3) is 7.48. The molecule has 2 rings (SSSR count). The van der Waals surface area contributed by atoms with E-state index in [9.17, 15) is 18.0 Å². The van der Waals surface area contributed by atoms with Crippen LogP contribution in [0.5, 0.6) is 0 Å². The molecule has 0 aliphatic rings. The predicted molar refractivity (Wildman–Crippen MR) is 130 cm³/mol. The van der Waals surface area contributed by atoms with Gasteiger partial charge in [0.05, 0.1) is 18.5 Å². The van der Waals surface area contributed by atoms with Crippen molar-refractivity contribution in [2.24, 2.45) is 5.92 Å². The number of nitrogens with one attached hydrogen (secondary N) is 1. The van der Waals surface area contributed by atoms with Crippen LogP contribution < -0.4 is 9.62 Å². The Labute approximate surface area is 192 Å². The fourth-order valence-electron chi connectivity index (χ4n) is 3.49. The second-order valence-electron chi connectivity index (χ2n) is 8.20. The van der Waals surface area contributed by atoms with Gasteiger partial charge in [-0.2, -0.15) is 0 Å². The molecule has 0 radical (unpaired) electrons. The quantitative estimate of drug-likeness (QED) is 0.463. The monoisotopic (exact) mass is 458 g/mol. The van der Waals surface area contributed by atoms with Crippen LogP contribution in [-0.4, -0.2) is 32.9 Å². The molecule has 1 amide bonds. The van der Waals surface area contributed by atoms with Gasteiger partial charge in [-0.3, -0.25) is 13.9 Å². The topological polar surface area (TPSA) is 83.6 Å². The van der Waals surface area contributed by atoms with Crippen molar-refractivity contribution in [1.29, 1.82) is 0 Å². The third-order valence-electron chi connectivity index (χ3n) is 5.58. The number of carbonyl (C=O) groups excluding carboxylic acids is 2. The van der Waals surface area contributed by atoms with Crippen LogP contribution in [0, 0.1) is 5.92 Å². The smallest absolute Gasteiger partial charge is 0.251 e. The highest BCUT2D eigenvalue weighted by molar-refractivity contribution is 7.92. The van der Waals surface area contributed by atoms with Gasteiger partial charge in [-0.15, -0.1) is 0 Å². The van der Waals surface area contributed by atoms with Crippen molar-refractivity contribution >= 4 is 27.4 Å². The molecule has 0 aliphatic carbocycles. The number of unbranched alkanes of at least 4 members (excludes halogenated alkanes) is 1. The number of sulfonamides is 1. The fourth-order valence-corrected chi connectivity index (χ4v) is 4.37. The van der Waals surface area contributed by atoms with E-state index in [0.29, 0.717) is 29.3 Å². The number of amides is 1. The zero-order valence-corrected chi connectivity index (χ0v) is 20.2. The Bertz CT molecular complexity index is 1020. The minimum Gasteiger partial charge on any atom is -0.352 e. The van der Waals surface area contributed by atoms with Crippen molar-refractivity contribution in [1.82, 2.24) is 5.32 Å². The molecule has 174 valence electrons. The SMILES string of the molecule is CCCC[C@@H](CC)CNC(=O)c1ccc(CN(c2cccc(C(C)=O)c2)S(C)(=O)=O)cc1. The first-order chi connectivity index (χ1) is 15.2. The van der Waals surface area contributed by atoms with E-state index in [0.717, 1.165) is 37.5 Å².